The lowest BCUT2D eigenvalue weighted by molar-refractivity contribution is -0.131. The van der Waals surface area contributed by atoms with Crippen molar-refractivity contribution in [3.05, 3.63) is 30.2 Å². The monoisotopic (exact) mass is 350 g/mol. The maximum atomic E-state index is 12.2. The second kappa shape index (κ2) is 6.18. The van der Waals surface area contributed by atoms with E-state index in [1.54, 1.807) is 0 Å². The minimum absolute atomic E-state index is 0.0571. The highest BCUT2D eigenvalue weighted by Gasteiger charge is 2.28. The van der Waals surface area contributed by atoms with Gasteiger partial charge in [-0.25, -0.2) is 4.98 Å². The number of piperidine rings is 1. The van der Waals surface area contributed by atoms with Crippen LogP contribution in [0.2, 0.25) is 0 Å². The number of carbonyl (C=O) groups excluding carboxylic acids is 1. The van der Waals surface area contributed by atoms with Crippen LogP contribution >= 0.6 is 15.9 Å². The van der Waals surface area contributed by atoms with Gasteiger partial charge in [0.05, 0.1) is 4.83 Å². The summed E-state index contributed by atoms with van der Waals surface area (Å²) >= 11 is 3.44. The Balaban J connectivity index is 1.67. The second-order valence-corrected chi connectivity index (χ2v) is 6.60. The summed E-state index contributed by atoms with van der Waals surface area (Å²) in [6.45, 7) is 3.58. The zero-order chi connectivity index (χ0) is 14.8. The molecule has 1 atom stereocenters. The fraction of sp³-hybridized carbons (Fsp3) is 0.500. The highest BCUT2D eigenvalue weighted by Crippen LogP contribution is 2.30. The third kappa shape index (κ3) is 2.98. The quantitative estimate of drug-likeness (QED) is 0.792. The molecule has 4 nitrogen and oxygen atoms in total. The van der Waals surface area contributed by atoms with Gasteiger partial charge in [0.2, 0.25) is 5.91 Å². The van der Waals surface area contributed by atoms with Crippen molar-refractivity contribution >= 4 is 32.9 Å². The molecule has 1 fully saturated rings. The summed E-state index contributed by atoms with van der Waals surface area (Å²) < 4.78 is 5.85. The van der Waals surface area contributed by atoms with Crippen molar-refractivity contribution in [2.45, 2.75) is 36.9 Å². The molecule has 0 N–H and O–H groups in total. The van der Waals surface area contributed by atoms with E-state index in [2.05, 4.69) is 20.9 Å². The van der Waals surface area contributed by atoms with Gasteiger partial charge in [-0.05, 0) is 31.4 Å². The number of hydrogen-bond donors (Lipinski definition) is 0. The van der Waals surface area contributed by atoms with Gasteiger partial charge in [0.1, 0.15) is 5.52 Å². The van der Waals surface area contributed by atoms with Crippen molar-refractivity contribution in [1.29, 1.82) is 0 Å². The summed E-state index contributed by atoms with van der Waals surface area (Å²) in [4.78, 5) is 18.6. The molecule has 5 heteroatoms. The summed E-state index contributed by atoms with van der Waals surface area (Å²) in [5.74, 6) is 1.33. The molecule has 2 aromatic rings. The average Bonchev–Trinajstić information content (AvgIpc) is 2.97. The van der Waals surface area contributed by atoms with Gasteiger partial charge >= 0.3 is 0 Å². The number of amides is 1. The molecule has 0 spiro atoms. The van der Waals surface area contributed by atoms with Gasteiger partial charge in [-0.3, -0.25) is 4.79 Å². The Hall–Kier alpha value is -1.36. The lowest BCUT2D eigenvalue weighted by Crippen LogP contribution is -2.41. The first-order valence-electron chi connectivity index (χ1n) is 7.47. The summed E-state index contributed by atoms with van der Waals surface area (Å²) in [6, 6.07) is 7.84. The summed E-state index contributed by atoms with van der Waals surface area (Å²) in [5, 5.41) is 0. The molecule has 1 aliphatic heterocycles. The van der Waals surface area contributed by atoms with E-state index >= 15 is 0 Å². The molecular weight excluding hydrogens is 332 g/mol. The van der Waals surface area contributed by atoms with Gasteiger partial charge in [-0.1, -0.05) is 35.0 Å². The van der Waals surface area contributed by atoms with Crippen LogP contribution in [0.5, 0.6) is 0 Å². The molecule has 3 rings (SSSR count). The van der Waals surface area contributed by atoms with Crippen LogP contribution in [0.15, 0.2) is 28.7 Å². The molecule has 1 aliphatic rings. The van der Waals surface area contributed by atoms with Gasteiger partial charge < -0.3 is 9.32 Å². The molecule has 1 aromatic carbocycles. The number of alkyl halides is 1. The van der Waals surface area contributed by atoms with Gasteiger partial charge in [-0.2, -0.15) is 0 Å². The van der Waals surface area contributed by atoms with E-state index in [-0.39, 0.29) is 10.7 Å². The minimum atomic E-state index is -0.0571. The smallest absolute Gasteiger partial charge is 0.236 e. The van der Waals surface area contributed by atoms with Gasteiger partial charge in [0, 0.05) is 19.0 Å². The minimum Gasteiger partial charge on any atom is -0.440 e. The SMILES string of the molecule is CCC(Br)C(=O)N1CCC(c2nc3ccccc3o2)CC1. The third-order valence-corrected chi connectivity index (χ3v) is 5.13. The lowest BCUT2D eigenvalue weighted by atomic mass is 9.96. The fourth-order valence-electron chi connectivity index (χ4n) is 2.78. The first-order valence-corrected chi connectivity index (χ1v) is 8.39. The number of fused-ring (bicyclic) bond motifs is 1. The van der Waals surface area contributed by atoms with E-state index in [4.69, 9.17) is 4.42 Å². The number of hydrogen-bond acceptors (Lipinski definition) is 3. The first kappa shape index (κ1) is 14.6. The van der Waals surface area contributed by atoms with Crippen molar-refractivity contribution < 1.29 is 9.21 Å². The molecule has 1 unspecified atom stereocenters. The van der Waals surface area contributed by atoms with Crippen LogP contribution in [0, 0.1) is 0 Å². The summed E-state index contributed by atoms with van der Waals surface area (Å²) in [7, 11) is 0. The number of benzene rings is 1. The lowest BCUT2D eigenvalue weighted by Gasteiger charge is -2.31. The van der Waals surface area contributed by atoms with Crippen molar-refractivity contribution in [2.75, 3.05) is 13.1 Å². The molecular formula is C16H19BrN2O2. The van der Waals surface area contributed by atoms with E-state index in [1.165, 1.54) is 0 Å². The number of oxazole rings is 1. The third-order valence-electron chi connectivity index (χ3n) is 4.09. The Morgan fingerprint density at radius 2 is 2.14 bits per heavy atom. The molecule has 0 aliphatic carbocycles. The molecule has 0 saturated carbocycles. The Morgan fingerprint density at radius 1 is 1.43 bits per heavy atom. The van der Waals surface area contributed by atoms with Crippen molar-refractivity contribution in [2.24, 2.45) is 0 Å². The topological polar surface area (TPSA) is 46.3 Å². The van der Waals surface area contributed by atoms with E-state index in [9.17, 15) is 4.79 Å². The van der Waals surface area contributed by atoms with E-state index in [1.807, 2.05) is 36.1 Å². The van der Waals surface area contributed by atoms with Crippen molar-refractivity contribution in [3.63, 3.8) is 0 Å². The van der Waals surface area contributed by atoms with Crippen LogP contribution in [-0.4, -0.2) is 33.7 Å². The number of nitrogens with zero attached hydrogens (tertiary/aromatic N) is 2. The molecule has 0 bridgehead atoms. The number of halogens is 1. The van der Waals surface area contributed by atoms with E-state index in [0.717, 1.165) is 49.3 Å². The van der Waals surface area contributed by atoms with Gasteiger partial charge in [-0.15, -0.1) is 0 Å². The zero-order valence-corrected chi connectivity index (χ0v) is 13.7. The van der Waals surface area contributed by atoms with Crippen LogP contribution in [-0.2, 0) is 4.79 Å². The first-order chi connectivity index (χ1) is 10.2. The Labute approximate surface area is 132 Å². The van der Waals surface area contributed by atoms with Gasteiger partial charge in [0.25, 0.3) is 0 Å². The van der Waals surface area contributed by atoms with E-state index in [0.29, 0.717) is 5.92 Å². The Morgan fingerprint density at radius 3 is 2.81 bits per heavy atom. The number of rotatable bonds is 3. The molecule has 1 saturated heterocycles. The van der Waals surface area contributed by atoms with Crippen LogP contribution < -0.4 is 0 Å². The Bertz CT molecular complexity index is 599. The summed E-state index contributed by atoms with van der Waals surface area (Å²) in [6.07, 6.45) is 2.66. The highest BCUT2D eigenvalue weighted by molar-refractivity contribution is 9.10. The van der Waals surface area contributed by atoms with Crippen LogP contribution in [0.1, 0.15) is 38.0 Å². The standard InChI is InChI=1S/C16H19BrN2O2/c1-2-12(17)16(20)19-9-7-11(8-10-19)15-18-13-5-3-4-6-14(13)21-15/h3-6,11-12H,2,7-10H2,1H3. The molecule has 2 heterocycles. The molecule has 1 aromatic heterocycles. The molecule has 112 valence electrons. The number of para-hydroxylation sites is 2. The predicted molar refractivity (Wildman–Crippen MR) is 85.6 cm³/mol. The second-order valence-electron chi connectivity index (χ2n) is 5.50. The van der Waals surface area contributed by atoms with Crippen LogP contribution in [0.25, 0.3) is 11.1 Å². The molecule has 1 amide bonds. The number of likely N-dealkylation sites (tertiary alicyclic amines) is 1. The molecule has 0 radical (unpaired) electrons. The van der Waals surface area contributed by atoms with Crippen LogP contribution in [0.4, 0.5) is 0 Å². The highest BCUT2D eigenvalue weighted by atomic mass is 79.9. The number of carbonyl (C=O) groups is 1. The van der Waals surface area contributed by atoms with Crippen LogP contribution in [0.3, 0.4) is 0 Å². The Kier molecular flexibility index (Phi) is 4.29. The fourth-order valence-corrected chi connectivity index (χ4v) is 3.07. The maximum absolute atomic E-state index is 12.2. The van der Waals surface area contributed by atoms with Gasteiger partial charge in [0.15, 0.2) is 11.5 Å². The predicted octanol–water partition coefficient (Wildman–Crippen LogP) is 3.71. The normalized spacial score (nSPS) is 18.1. The molecule has 21 heavy (non-hydrogen) atoms. The largest absolute Gasteiger partial charge is 0.440 e. The van der Waals surface area contributed by atoms with E-state index < -0.39 is 0 Å². The van der Waals surface area contributed by atoms with Crippen molar-refractivity contribution in [1.82, 2.24) is 9.88 Å². The average molecular weight is 351 g/mol. The maximum Gasteiger partial charge on any atom is 0.236 e. The number of aromatic nitrogens is 1. The summed E-state index contributed by atoms with van der Waals surface area (Å²) in [5.41, 5.74) is 1.76. The van der Waals surface area contributed by atoms with Crippen molar-refractivity contribution in [3.8, 4) is 0 Å². The zero-order valence-electron chi connectivity index (χ0n) is 12.1.